The smallest absolute Gasteiger partial charge is 0.276 e. The normalized spacial score (nSPS) is 10.3. The summed E-state index contributed by atoms with van der Waals surface area (Å²) >= 11 is 0. The molecule has 27 heavy (non-hydrogen) atoms. The summed E-state index contributed by atoms with van der Waals surface area (Å²) in [5, 5.41) is 5.20. The summed E-state index contributed by atoms with van der Waals surface area (Å²) in [6.45, 7) is 2.39. The molecule has 0 bridgehead atoms. The van der Waals surface area contributed by atoms with Gasteiger partial charge in [-0.05, 0) is 31.2 Å². The molecule has 3 aromatic rings. The molecule has 0 radical (unpaired) electrons. The monoisotopic (exact) mass is 370 g/mol. The molecule has 0 saturated carbocycles. The number of halogens is 2. The number of nitrogens with one attached hydrogen (secondary N) is 2. The van der Waals surface area contributed by atoms with Crippen LogP contribution < -0.4 is 15.4 Å². The summed E-state index contributed by atoms with van der Waals surface area (Å²) in [4.78, 5) is 20.2. The molecule has 8 heteroatoms. The lowest BCUT2D eigenvalue weighted by Gasteiger charge is -2.11. The molecule has 0 saturated heterocycles. The second-order valence-corrected chi connectivity index (χ2v) is 5.39. The number of nitrogens with zero attached hydrogens (tertiary/aromatic N) is 2. The molecule has 0 spiro atoms. The third-order valence-electron chi connectivity index (χ3n) is 3.54. The van der Waals surface area contributed by atoms with Gasteiger partial charge in [-0.1, -0.05) is 18.2 Å². The zero-order valence-corrected chi connectivity index (χ0v) is 14.4. The van der Waals surface area contributed by atoms with Crippen LogP contribution >= 0.6 is 0 Å². The van der Waals surface area contributed by atoms with Crippen molar-refractivity contribution < 1.29 is 18.3 Å². The predicted octanol–water partition coefficient (Wildman–Crippen LogP) is 4.15. The zero-order chi connectivity index (χ0) is 19.2. The Labute approximate surface area is 154 Å². The Kier molecular flexibility index (Phi) is 5.55. The maximum Gasteiger partial charge on any atom is 0.276 e. The minimum atomic E-state index is -0.873. The minimum absolute atomic E-state index is 0.0821. The summed E-state index contributed by atoms with van der Waals surface area (Å²) in [6, 6.07) is 10.6. The molecule has 0 aliphatic rings. The van der Waals surface area contributed by atoms with Crippen LogP contribution in [-0.4, -0.2) is 22.5 Å². The number of ether oxygens (including phenoxy) is 1. The van der Waals surface area contributed by atoms with Crippen LogP contribution in [0.4, 0.5) is 26.0 Å². The molecular weight excluding hydrogens is 354 g/mol. The third-order valence-corrected chi connectivity index (χ3v) is 3.54. The van der Waals surface area contributed by atoms with Crippen molar-refractivity contribution >= 4 is 23.1 Å². The molecule has 0 fully saturated rings. The average molecular weight is 370 g/mol. The van der Waals surface area contributed by atoms with E-state index in [-0.39, 0.29) is 5.69 Å². The first kappa shape index (κ1) is 18.2. The second kappa shape index (κ2) is 8.22. The molecule has 0 atom stereocenters. The number of anilines is 3. The van der Waals surface area contributed by atoms with Crippen LogP contribution in [0.3, 0.4) is 0 Å². The number of amides is 1. The predicted molar refractivity (Wildman–Crippen MR) is 97.2 cm³/mol. The summed E-state index contributed by atoms with van der Waals surface area (Å²) in [5.41, 5.74) is 0.0812. The van der Waals surface area contributed by atoms with E-state index in [1.807, 2.05) is 31.2 Å². The molecular formula is C19H16F2N4O2. The van der Waals surface area contributed by atoms with E-state index in [1.165, 1.54) is 18.5 Å². The highest BCUT2D eigenvalue weighted by Gasteiger charge is 2.15. The molecule has 1 aromatic heterocycles. The second-order valence-electron chi connectivity index (χ2n) is 5.39. The van der Waals surface area contributed by atoms with Crippen LogP contribution in [0.1, 0.15) is 17.4 Å². The van der Waals surface area contributed by atoms with Crippen molar-refractivity contribution in [1.29, 1.82) is 0 Å². The van der Waals surface area contributed by atoms with Crippen LogP contribution in [0.2, 0.25) is 0 Å². The van der Waals surface area contributed by atoms with E-state index >= 15 is 0 Å². The lowest BCUT2D eigenvalue weighted by Crippen LogP contribution is -2.16. The standard InChI is InChI=1S/C19H16F2N4O2/c1-2-27-16-9-4-3-8-14(16)24-17-11-22-15(10-23-17)19(26)25-18-12(20)6-5-7-13(18)21/h3-11H,2H2,1H3,(H,23,24)(H,25,26). The number of hydrogen-bond acceptors (Lipinski definition) is 5. The van der Waals surface area contributed by atoms with Crippen molar-refractivity contribution in [2.24, 2.45) is 0 Å². The quantitative estimate of drug-likeness (QED) is 0.682. The molecule has 138 valence electrons. The van der Waals surface area contributed by atoms with Crippen LogP contribution in [-0.2, 0) is 0 Å². The first-order chi connectivity index (χ1) is 13.1. The highest BCUT2D eigenvalue weighted by molar-refractivity contribution is 6.02. The van der Waals surface area contributed by atoms with Gasteiger partial charge >= 0.3 is 0 Å². The molecule has 3 rings (SSSR count). The third kappa shape index (κ3) is 4.35. The Bertz CT molecular complexity index is 928. The summed E-state index contributed by atoms with van der Waals surface area (Å²) in [5.74, 6) is -1.48. The van der Waals surface area contributed by atoms with Gasteiger partial charge in [-0.15, -0.1) is 0 Å². The summed E-state index contributed by atoms with van der Waals surface area (Å²) in [6.07, 6.45) is 2.55. The van der Waals surface area contributed by atoms with E-state index in [1.54, 1.807) is 0 Å². The molecule has 2 aromatic carbocycles. The van der Waals surface area contributed by atoms with E-state index in [4.69, 9.17) is 4.74 Å². The summed E-state index contributed by atoms with van der Waals surface area (Å²) < 4.78 is 32.8. The van der Waals surface area contributed by atoms with Crippen LogP contribution in [0.25, 0.3) is 0 Å². The lowest BCUT2D eigenvalue weighted by molar-refractivity contribution is 0.102. The van der Waals surface area contributed by atoms with E-state index < -0.39 is 23.2 Å². The minimum Gasteiger partial charge on any atom is -0.492 e. The highest BCUT2D eigenvalue weighted by Crippen LogP contribution is 2.26. The van der Waals surface area contributed by atoms with Gasteiger partial charge in [-0.3, -0.25) is 4.79 Å². The van der Waals surface area contributed by atoms with Crippen molar-refractivity contribution in [3.8, 4) is 5.75 Å². The molecule has 0 unspecified atom stereocenters. The van der Waals surface area contributed by atoms with Crippen molar-refractivity contribution in [2.45, 2.75) is 6.92 Å². The molecule has 0 aliphatic carbocycles. The fourth-order valence-electron chi connectivity index (χ4n) is 2.29. The highest BCUT2D eigenvalue weighted by atomic mass is 19.1. The average Bonchev–Trinajstić information content (AvgIpc) is 2.67. The molecule has 2 N–H and O–H groups in total. The Morgan fingerprint density at radius 3 is 2.44 bits per heavy atom. The van der Waals surface area contributed by atoms with Gasteiger partial charge in [0.05, 0.1) is 24.7 Å². The number of carbonyl (C=O) groups is 1. The van der Waals surface area contributed by atoms with E-state index in [0.29, 0.717) is 23.9 Å². The van der Waals surface area contributed by atoms with Gasteiger partial charge in [-0.25, -0.2) is 18.7 Å². The van der Waals surface area contributed by atoms with Gasteiger partial charge in [0.15, 0.2) is 0 Å². The molecule has 0 aliphatic heterocycles. The zero-order valence-electron chi connectivity index (χ0n) is 14.4. The van der Waals surface area contributed by atoms with Crippen LogP contribution in [0.15, 0.2) is 54.9 Å². The maximum atomic E-state index is 13.6. The lowest BCUT2D eigenvalue weighted by atomic mass is 10.2. The Hall–Kier alpha value is -3.55. The Morgan fingerprint density at radius 1 is 1.04 bits per heavy atom. The Balaban J connectivity index is 1.73. The van der Waals surface area contributed by atoms with Crippen LogP contribution in [0.5, 0.6) is 5.75 Å². The van der Waals surface area contributed by atoms with E-state index in [0.717, 1.165) is 12.1 Å². The fraction of sp³-hybridized carbons (Fsp3) is 0.105. The van der Waals surface area contributed by atoms with Crippen molar-refractivity contribution in [3.05, 3.63) is 72.2 Å². The summed E-state index contributed by atoms with van der Waals surface area (Å²) in [7, 11) is 0. The largest absolute Gasteiger partial charge is 0.492 e. The first-order valence-electron chi connectivity index (χ1n) is 8.14. The number of carbonyl (C=O) groups excluding carboxylic acids is 1. The topological polar surface area (TPSA) is 76.1 Å². The molecule has 1 heterocycles. The van der Waals surface area contributed by atoms with Crippen molar-refractivity contribution in [3.63, 3.8) is 0 Å². The number of para-hydroxylation sites is 3. The van der Waals surface area contributed by atoms with E-state index in [2.05, 4.69) is 20.6 Å². The van der Waals surface area contributed by atoms with Gasteiger partial charge in [-0.2, -0.15) is 0 Å². The maximum absolute atomic E-state index is 13.6. The van der Waals surface area contributed by atoms with Crippen molar-refractivity contribution in [2.75, 3.05) is 17.2 Å². The van der Waals surface area contributed by atoms with Crippen molar-refractivity contribution in [1.82, 2.24) is 9.97 Å². The van der Waals surface area contributed by atoms with Gasteiger partial charge in [0, 0.05) is 0 Å². The Morgan fingerprint density at radius 2 is 1.78 bits per heavy atom. The van der Waals surface area contributed by atoms with Gasteiger partial charge in [0.2, 0.25) is 0 Å². The number of benzene rings is 2. The number of hydrogen-bond donors (Lipinski definition) is 2. The van der Waals surface area contributed by atoms with Crippen LogP contribution in [0, 0.1) is 11.6 Å². The molecule has 6 nitrogen and oxygen atoms in total. The fourth-order valence-corrected chi connectivity index (χ4v) is 2.29. The number of rotatable bonds is 6. The van der Waals surface area contributed by atoms with E-state index in [9.17, 15) is 13.6 Å². The number of aromatic nitrogens is 2. The van der Waals surface area contributed by atoms with Gasteiger partial charge < -0.3 is 15.4 Å². The molecule has 1 amide bonds. The SMILES string of the molecule is CCOc1ccccc1Nc1cnc(C(=O)Nc2c(F)cccc2F)cn1. The first-order valence-corrected chi connectivity index (χ1v) is 8.14. The van der Waals surface area contributed by atoms with Gasteiger partial charge in [0.25, 0.3) is 5.91 Å². The van der Waals surface area contributed by atoms with Gasteiger partial charge in [0.1, 0.15) is 34.6 Å².